The molecule has 0 bridgehead atoms. The van der Waals surface area contributed by atoms with Crippen molar-refractivity contribution in [3.05, 3.63) is 0 Å². The molecule has 0 spiro atoms. The zero-order valence-electron chi connectivity index (χ0n) is 21.2. The summed E-state index contributed by atoms with van der Waals surface area (Å²) in [5, 5.41) is 0. The van der Waals surface area contributed by atoms with Gasteiger partial charge < -0.3 is 9.47 Å². The first kappa shape index (κ1) is 29.9. The molecule has 0 aromatic rings. The van der Waals surface area contributed by atoms with Gasteiger partial charge in [-0.2, -0.15) is 0 Å². The van der Waals surface area contributed by atoms with Crippen LogP contribution in [0.2, 0.25) is 0 Å². The van der Waals surface area contributed by atoms with Gasteiger partial charge in [-0.25, -0.2) is 0 Å². The van der Waals surface area contributed by atoms with Gasteiger partial charge in [-0.3, -0.25) is 9.59 Å². The Morgan fingerprint density at radius 3 is 1.68 bits per heavy atom. The van der Waals surface area contributed by atoms with Crippen LogP contribution in [0.25, 0.3) is 0 Å². The van der Waals surface area contributed by atoms with E-state index in [-0.39, 0.29) is 18.0 Å². The second-order valence-corrected chi connectivity index (χ2v) is 9.59. The monoisotopic (exact) mass is 440 g/mol. The fourth-order valence-corrected chi connectivity index (χ4v) is 3.73. The Labute approximate surface area is 193 Å². The molecule has 0 N–H and O–H groups in total. The molecule has 0 amide bonds. The molecule has 0 fully saturated rings. The standard InChI is InChI=1S/C27H52O4/c1-5-6-7-8-9-10-11-12-13-14-15-16-23-30-26(28)21-18-22-27(29)31-25(4)20-17-19-24(2)3/h24-25H,5-23H2,1-4H3. The zero-order chi connectivity index (χ0) is 23.2. The minimum absolute atomic E-state index is 0.0380. The van der Waals surface area contributed by atoms with Crippen LogP contribution in [0.3, 0.4) is 0 Å². The summed E-state index contributed by atoms with van der Waals surface area (Å²) >= 11 is 0. The zero-order valence-corrected chi connectivity index (χ0v) is 21.2. The first-order chi connectivity index (χ1) is 15.0. The highest BCUT2D eigenvalue weighted by Gasteiger charge is 2.11. The molecule has 0 aliphatic carbocycles. The quantitative estimate of drug-likeness (QED) is 0.126. The van der Waals surface area contributed by atoms with Gasteiger partial charge in [0, 0.05) is 12.8 Å². The summed E-state index contributed by atoms with van der Waals surface area (Å²) in [6, 6.07) is 0. The van der Waals surface area contributed by atoms with E-state index in [1.54, 1.807) is 0 Å². The van der Waals surface area contributed by atoms with Crippen LogP contribution < -0.4 is 0 Å². The highest BCUT2D eigenvalue weighted by atomic mass is 16.5. The van der Waals surface area contributed by atoms with Gasteiger partial charge in [0.2, 0.25) is 0 Å². The van der Waals surface area contributed by atoms with E-state index in [0.29, 0.717) is 31.8 Å². The van der Waals surface area contributed by atoms with Crippen LogP contribution in [0.15, 0.2) is 0 Å². The number of ether oxygens (including phenoxy) is 2. The summed E-state index contributed by atoms with van der Waals surface area (Å²) < 4.78 is 10.7. The molecule has 184 valence electrons. The lowest BCUT2D eigenvalue weighted by Crippen LogP contribution is -2.15. The molecular weight excluding hydrogens is 388 g/mol. The van der Waals surface area contributed by atoms with Crippen LogP contribution in [-0.2, 0) is 19.1 Å². The molecule has 4 nitrogen and oxygen atoms in total. The first-order valence-corrected chi connectivity index (χ1v) is 13.3. The highest BCUT2D eigenvalue weighted by molar-refractivity contribution is 5.72. The van der Waals surface area contributed by atoms with Crippen molar-refractivity contribution in [1.29, 1.82) is 0 Å². The van der Waals surface area contributed by atoms with E-state index in [1.165, 1.54) is 64.2 Å². The van der Waals surface area contributed by atoms with E-state index in [1.807, 2.05) is 6.92 Å². The molecule has 31 heavy (non-hydrogen) atoms. The van der Waals surface area contributed by atoms with Gasteiger partial charge in [-0.1, -0.05) is 97.8 Å². The molecular formula is C27H52O4. The van der Waals surface area contributed by atoms with Crippen LogP contribution >= 0.6 is 0 Å². The number of rotatable bonds is 22. The van der Waals surface area contributed by atoms with Gasteiger partial charge >= 0.3 is 11.9 Å². The van der Waals surface area contributed by atoms with E-state index < -0.39 is 0 Å². The maximum Gasteiger partial charge on any atom is 0.306 e. The average Bonchev–Trinajstić information content (AvgIpc) is 2.71. The summed E-state index contributed by atoms with van der Waals surface area (Å²) in [4.78, 5) is 23.6. The van der Waals surface area contributed by atoms with Gasteiger partial charge in [0.1, 0.15) is 0 Å². The lowest BCUT2D eigenvalue weighted by molar-refractivity contribution is -0.149. The summed E-state index contributed by atoms with van der Waals surface area (Å²) in [6.45, 7) is 9.12. The molecule has 0 rings (SSSR count). The van der Waals surface area contributed by atoms with Crippen molar-refractivity contribution in [2.45, 2.75) is 149 Å². The maximum atomic E-state index is 11.8. The summed E-state index contributed by atoms with van der Waals surface area (Å²) in [6.07, 6.45) is 19.8. The first-order valence-electron chi connectivity index (χ1n) is 13.3. The fourth-order valence-electron chi connectivity index (χ4n) is 3.73. The normalized spacial score (nSPS) is 12.2. The van der Waals surface area contributed by atoms with E-state index in [4.69, 9.17) is 9.47 Å². The minimum atomic E-state index is -0.203. The molecule has 0 saturated heterocycles. The van der Waals surface area contributed by atoms with Crippen molar-refractivity contribution in [2.75, 3.05) is 6.61 Å². The largest absolute Gasteiger partial charge is 0.466 e. The molecule has 0 aromatic heterocycles. The van der Waals surface area contributed by atoms with Crippen molar-refractivity contribution in [1.82, 2.24) is 0 Å². The molecule has 0 aromatic carbocycles. The Hall–Kier alpha value is -1.06. The summed E-state index contributed by atoms with van der Waals surface area (Å²) in [5.41, 5.74) is 0. The van der Waals surface area contributed by atoms with Gasteiger partial charge in [-0.15, -0.1) is 0 Å². The second-order valence-electron chi connectivity index (χ2n) is 9.59. The smallest absolute Gasteiger partial charge is 0.306 e. The molecule has 0 radical (unpaired) electrons. The van der Waals surface area contributed by atoms with Crippen molar-refractivity contribution in [3.8, 4) is 0 Å². The van der Waals surface area contributed by atoms with Gasteiger partial charge in [0.05, 0.1) is 12.7 Å². The Kier molecular flexibility index (Phi) is 21.4. The lowest BCUT2D eigenvalue weighted by atomic mass is 10.0. The lowest BCUT2D eigenvalue weighted by Gasteiger charge is -2.13. The molecule has 0 aliphatic rings. The number of hydrogen-bond acceptors (Lipinski definition) is 4. The molecule has 0 aliphatic heterocycles. The molecule has 4 heteroatoms. The summed E-state index contributed by atoms with van der Waals surface area (Å²) in [7, 11) is 0. The topological polar surface area (TPSA) is 52.6 Å². The van der Waals surface area contributed by atoms with E-state index in [0.717, 1.165) is 32.1 Å². The van der Waals surface area contributed by atoms with Crippen LogP contribution in [0.5, 0.6) is 0 Å². The third kappa shape index (κ3) is 23.4. The predicted octanol–water partition coefficient (Wildman–Crippen LogP) is 8.16. The van der Waals surface area contributed by atoms with Crippen molar-refractivity contribution < 1.29 is 19.1 Å². The number of carbonyl (C=O) groups is 2. The van der Waals surface area contributed by atoms with E-state index >= 15 is 0 Å². The third-order valence-corrected chi connectivity index (χ3v) is 5.75. The highest BCUT2D eigenvalue weighted by Crippen LogP contribution is 2.13. The van der Waals surface area contributed by atoms with Gasteiger partial charge in [0.15, 0.2) is 0 Å². The summed E-state index contributed by atoms with van der Waals surface area (Å²) in [5.74, 6) is 0.287. The Morgan fingerprint density at radius 2 is 1.13 bits per heavy atom. The average molecular weight is 441 g/mol. The number of hydrogen-bond donors (Lipinski definition) is 0. The fraction of sp³-hybridized carbons (Fsp3) is 0.926. The van der Waals surface area contributed by atoms with Gasteiger partial charge in [-0.05, 0) is 38.5 Å². The van der Waals surface area contributed by atoms with Crippen molar-refractivity contribution in [3.63, 3.8) is 0 Å². The second kappa shape index (κ2) is 22.1. The van der Waals surface area contributed by atoms with Crippen molar-refractivity contribution >= 4 is 11.9 Å². The van der Waals surface area contributed by atoms with Gasteiger partial charge in [0.25, 0.3) is 0 Å². The van der Waals surface area contributed by atoms with E-state index in [2.05, 4.69) is 20.8 Å². The predicted molar refractivity (Wildman–Crippen MR) is 130 cm³/mol. The SMILES string of the molecule is CCCCCCCCCCCCCCOC(=O)CCCC(=O)OC(C)CCCC(C)C. The number of carbonyl (C=O) groups excluding carboxylic acids is 2. The van der Waals surface area contributed by atoms with E-state index in [9.17, 15) is 9.59 Å². The van der Waals surface area contributed by atoms with Crippen LogP contribution in [0, 0.1) is 5.92 Å². The maximum absolute atomic E-state index is 11.8. The Balaban J connectivity index is 3.40. The number of esters is 2. The minimum Gasteiger partial charge on any atom is -0.466 e. The van der Waals surface area contributed by atoms with Crippen LogP contribution in [-0.4, -0.2) is 24.6 Å². The molecule has 1 unspecified atom stereocenters. The number of unbranched alkanes of at least 4 members (excludes halogenated alkanes) is 11. The van der Waals surface area contributed by atoms with Crippen LogP contribution in [0.1, 0.15) is 143 Å². The molecule has 0 heterocycles. The molecule has 1 atom stereocenters. The Morgan fingerprint density at radius 1 is 0.613 bits per heavy atom. The third-order valence-electron chi connectivity index (χ3n) is 5.75. The Bertz CT molecular complexity index is 419. The van der Waals surface area contributed by atoms with Crippen LogP contribution in [0.4, 0.5) is 0 Å². The van der Waals surface area contributed by atoms with Crippen molar-refractivity contribution in [2.24, 2.45) is 5.92 Å². The molecule has 0 saturated carbocycles.